The van der Waals surface area contributed by atoms with E-state index in [0.29, 0.717) is 13.1 Å². The highest BCUT2D eigenvalue weighted by molar-refractivity contribution is 7.18. The van der Waals surface area contributed by atoms with E-state index >= 15 is 0 Å². The Morgan fingerprint density at radius 3 is 1.77 bits per heavy atom. The fourth-order valence-corrected chi connectivity index (χ4v) is 8.90. The van der Waals surface area contributed by atoms with Gasteiger partial charge in [0.1, 0.15) is 23.7 Å². The smallest absolute Gasteiger partial charge is 0.407 e. The molecule has 0 aliphatic carbocycles. The first-order valence-electron chi connectivity index (χ1n) is 19.1. The Balaban J connectivity index is 1.05. The van der Waals surface area contributed by atoms with Crippen LogP contribution in [0, 0.1) is 11.8 Å². The first kappa shape index (κ1) is 38.6. The number of hydrogen-bond donors (Lipinski definition) is 5. The second-order valence-electron chi connectivity index (χ2n) is 15.1. The average molecular weight is 784 g/mol. The molecule has 296 valence electrons. The van der Waals surface area contributed by atoms with E-state index in [1.807, 2.05) is 49.9 Å². The van der Waals surface area contributed by atoms with Crippen LogP contribution in [0.15, 0.2) is 48.2 Å². The lowest BCUT2D eigenvalue weighted by molar-refractivity contribution is -0.136. The first-order chi connectivity index (χ1) is 27.0. The number of rotatable bonds is 11. The van der Waals surface area contributed by atoms with Crippen LogP contribution < -0.4 is 10.6 Å². The highest BCUT2D eigenvalue weighted by Gasteiger charge is 2.39. The number of carbonyl (C=O) groups excluding carboxylic acids is 4. The number of likely N-dealkylation sites (tertiary alicyclic amines) is 2. The number of aromatic nitrogens is 5. The molecular weight excluding hydrogens is 735 g/mol. The Bertz CT molecular complexity index is 2200. The van der Waals surface area contributed by atoms with Crippen molar-refractivity contribution in [2.75, 3.05) is 27.3 Å². The van der Waals surface area contributed by atoms with Gasteiger partial charge in [-0.15, -0.1) is 11.3 Å². The van der Waals surface area contributed by atoms with E-state index in [9.17, 15) is 19.2 Å². The van der Waals surface area contributed by atoms with Gasteiger partial charge in [-0.1, -0.05) is 52.0 Å². The molecule has 0 spiro atoms. The van der Waals surface area contributed by atoms with E-state index < -0.39 is 24.3 Å². The summed E-state index contributed by atoms with van der Waals surface area (Å²) in [6, 6.07) is 6.49. The molecule has 2 aliphatic rings. The summed E-state index contributed by atoms with van der Waals surface area (Å²) in [4.78, 5) is 74.6. The molecule has 2 fully saturated rings. The third kappa shape index (κ3) is 7.49. The number of fused-ring (bicyclic) bond motifs is 1. The predicted octanol–water partition coefficient (Wildman–Crippen LogP) is 6.76. The quantitative estimate of drug-likeness (QED) is 0.0970. The maximum atomic E-state index is 13.6. The van der Waals surface area contributed by atoms with Crippen LogP contribution in [0.4, 0.5) is 9.59 Å². The lowest BCUT2D eigenvalue weighted by Crippen LogP contribution is -2.51. The topological polar surface area (TPSA) is 190 Å². The van der Waals surface area contributed by atoms with E-state index in [1.54, 1.807) is 17.5 Å². The Hall–Kier alpha value is -5.64. The second-order valence-corrected chi connectivity index (χ2v) is 16.0. The van der Waals surface area contributed by atoms with Crippen LogP contribution in [0.5, 0.6) is 0 Å². The molecule has 2 aliphatic heterocycles. The first-order valence-corrected chi connectivity index (χ1v) is 20.0. The van der Waals surface area contributed by atoms with Gasteiger partial charge < -0.3 is 44.9 Å². The highest BCUT2D eigenvalue weighted by atomic mass is 32.1. The standard InChI is InChI=1S/C40H49N9O6S/c1-21(2)31(46-39(52)54-5)37(50)48-15-7-9-29(48)35-42-18-27(44-35)24-13-11-23(12-14-24)25-17-41-33-26(20-56-34(25)33)28-19-43-36(45-28)30-10-8-16-49(30)38(51)32(22(3)4)47-40(53)55-6/h11-14,17-22,29-32,41H,7-10,15-16H2,1-6H3,(H,42,44)(H,43,45)(H,46,52)(H,47,53)/t29?,30?,31-,32-/m0/s1. The van der Waals surface area contributed by atoms with Crippen LogP contribution in [0.25, 0.3) is 43.9 Å². The largest absolute Gasteiger partial charge is 0.453 e. The number of imidazole rings is 2. The molecule has 7 rings (SSSR count). The highest BCUT2D eigenvalue weighted by Crippen LogP contribution is 2.41. The number of benzene rings is 1. The van der Waals surface area contributed by atoms with Gasteiger partial charge in [-0.25, -0.2) is 19.6 Å². The lowest BCUT2D eigenvalue weighted by atomic mass is 10.0. The number of methoxy groups -OCH3 is 2. The molecule has 5 aromatic rings. The molecule has 1 aromatic carbocycles. The van der Waals surface area contributed by atoms with Gasteiger partial charge in [-0.05, 0) is 48.6 Å². The zero-order chi connectivity index (χ0) is 39.7. The monoisotopic (exact) mass is 783 g/mol. The molecule has 56 heavy (non-hydrogen) atoms. The summed E-state index contributed by atoms with van der Waals surface area (Å²) in [7, 11) is 2.58. The van der Waals surface area contributed by atoms with Crippen molar-refractivity contribution in [1.29, 1.82) is 0 Å². The molecule has 4 amide bonds. The lowest BCUT2D eigenvalue weighted by Gasteiger charge is -2.30. The predicted molar refractivity (Wildman–Crippen MR) is 212 cm³/mol. The van der Waals surface area contributed by atoms with Crippen molar-refractivity contribution in [3.63, 3.8) is 0 Å². The fraction of sp³-hybridized carbons (Fsp3) is 0.450. The minimum Gasteiger partial charge on any atom is -0.453 e. The summed E-state index contributed by atoms with van der Waals surface area (Å²) in [6.07, 6.45) is 7.64. The number of thiophene rings is 1. The number of alkyl carbamates (subject to hydrolysis) is 2. The number of nitrogens with zero attached hydrogens (tertiary/aromatic N) is 4. The summed E-state index contributed by atoms with van der Waals surface area (Å²) >= 11 is 1.65. The third-order valence-corrected chi connectivity index (χ3v) is 11.9. The number of hydrogen-bond acceptors (Lipinski definition) is 9. The van der Waals surface area contributed by atoms with Gasteiger partial charge in [0.15, 0.2) is 0 Å². The van der Waals surface area contributed by atoms with Gasteiger partial charge >= 0.3 is 12.2 Å². The van der Waals surface area contributed by atoms with E-state index in [-0.39, 0.29) is 35.7 Å². The minimum absolute atomic E-state index is 0.108. The van der Waals surface area contributed by atoms with Crippen molar-refractivity contribution >= 4 is 45.6 Å². The maximum Gasteiger partial charge on any atom is 0.407 e. The molecule has 2 unspecified atom stereocenters. The normalized spacial score (nSPS) is 18.1. The molecule has 2 saturated heterocycles. The summed E-state index contributed by atoms with van der Waals surface area (Å²) in [5.41, 5.74) is 6.83. The van der Waals surface area contributed by atoms with Crippen LogP contribution in [0.2, 0.25) is 0 Å². The van der Waals surface area contributed by atoms with E-state index in [2.05, 4.69) is 60.2 Å². The molecule has 15 nitrogen and oxygen atoms in total. The second kappa shape index (κ2) is 16.2. The number of carbonyl (C=O) groups is 4. The Labute approximate surface area is 329 Å². The SMILES string of the molecule is COC(=O)N[C@H](C(=O)N1CCCC1c1ncc(-c2ccc(-c3c[nH]c4c(-c5cnc(C6CCCN6C(=O)[C@@H](NC(=O)OC)C(C)C)[nH]5)csc34)cc2)[nH]1)C(C)C. The maximum absolute atomic E-state index is 13.6. The molecule has 16 heteroatoms. The molecule has 5 N–H and O–H groups in total. The third-order valence-electron chi connectivity index (χ3n) is 10.9. The number of nitrogens with one attached hydrogen (secondary N) is 5. The molecule has 6 heterocycles. The number of H-pyrrole nitrogens is 3. The van der Waals surface area contributed by atoms with Crippen molar-refractivity contribution in [2.45, 2.75) is 77.5 Å². The Morgan fingerprint density at radius 2 is 1.25 bits per heavy atom. The van der Waals surface area contributed by atoms with Crippen LogP contribution in [0.1, 0.15) is 77.1 Å². The summed E-state index contributed by atoms with van der Waals surface area (Å²) in [5, 5.41) is 7.51. The zero-order valence-electron chi connectivity index (χ0n) is 32.5. The number of ether oxygens (including phenoxy) is 2. The van der Waals surface area contributed by atoms with Crippen molar-refractivity contribution < 1.29 is 28.7 Å². The molecule has 0 bridgehead atoms. The van der Waals surface area contributed by atoms with E-state index in [4.69, 9.17) is 14.5 Å². The average Bonchev–Trinajstić information content (AvgIpc) is 4.04. The van der Waals surface area contributed by atoms with Crippen LogP contribution in [-0.4, -0.2) is 98.1 Å². The van der Waals surface area contributed by atoms with E-state index in [0.717, 1.165) is 81.2 Å². The van der Waals surface area contributed by atoms with Crippen molar-refractivity contribution in [2.24, 2.45) is 11.8 Å². The molecule has 4 aromatic heterocycles. The fourth-order valence-electron chi connectivity index (χ4n) is 7.83. The summed E-state index contributed by atoms with van der Waals surface area (Å²) in [5.74, 6) is 0.936. The van der Waals surface area contributed by atoms with E-state index in [1.165, 1.54) is 14.2 Å². The zero-order valence-corrected chi connectivity index (χ0v) is 33.3. The van der Waals surface area contributed by atoms with Gasteiger partial charge in [0.05, 0.1) is 60.3 Å². The minimum atomic E-state index is -0.695. The van der Waals surface area contributed by atoms with Crippen LogP contribution in [-0.2, 0) is 19.1 Å². The summed E-state index contributed by atoms with van der Waals surface area (Å²) in [6.45, 7) is 8.78. The number of aromatic amines is 3. The van der Waals surface area contributed by atoms with Gasteiger partial charge in [-0.3, -0.25) is 9.59 Å². The van der Waals surface area contributed by atoms with Gasteiger partial charge in [0.25, 0.3) is 0 Å². The van der Waals surface area contributed by atoms with Crippen molar-refractivity contribution in [3.05, 3.63) is 59.9 Å². The molecular formula is C40H49N9O6S. The van der Waals surface area contributed by atoms with Crippen molar-refractivity contribution in [1.82, 2.24) is 45.4 Å². The molecule has 0 radical (unpaired) electrons. The summed E-state index contributed by atoms with van der Waals surface area (Å²) < 4.78 is 10.6. The molecule has 0 saturated carbocycles. The molecule has 4 atom stereocenters. The van der Waals surface area contributed by atoms with Crippen LogP contribution >= 0.6 is 11.3 Å². The van der Waals surface area contributed by atoms with Crippen molar-refractivity contribution in [3.8, 4) is 33.6 Å². The Kier molecular flexibility index (Phi) is 11.2. The van der Waals surface area contributed by atoms with Gasteiger partial charge in [0.2, 0.25) is 11.8 Å². The van der Waals surface area contributed by atoms with Gasteiger partial charge in [0, 0.05) is 35.8 Å². The Morgan fingerprint density at radius 1 is 0.750 bits per heavy atom. The van der Waals surface area contributed by atoms with Gasteiger partial charge in [-0.2, -0.15) is 0 Å². The number of amides is 4. The van der Waals surface area contributed by atoms with Crippen LogP contribution in [0.3, 0.4) is 0 Å².